The number of imidazole rings is 2. The molecule has 5 heterocycles. The van der Waals surface area contributed by atoms with Crippen LogP contribution in [0.25, 0.3) is 27.9 Å². The highest BCUT2D eigenvalue weighted by atomic mass is 32.2. The smallest absolute Gasteiger partial charge is 0.229 e. The summed E-state index contributed by atoms with van der Waals surface area (Å²) in [7, 11) is -3.40. The van der Waals surface area contributed by atoms with Crippen LogP contribution in [-0.2, 0) is 21.1 Å². The number of sulfone groups is 1. The van der Waals surface area contributed by atoms with E-state index in [0.29, 0.717) is 72.6 Å². The number of morpholine rings is 1. The second-order valence-corrected chi connectivity index (χ2v) is 11.0. The van der Waals surface area contributed by atoms with Gasteiger partial charge in [0.2, 0.25) is 5.95 Å². The molecule has 1 saturated heterocycles. The van der Waals surface area contributed by atoms with Crippen molar-refractivity contribution in [3.05, 3.63) is 47.2 Å². The second-order valence-electron chi connectivity index (χ2n) is 8.20. The first kappa shape index (κ1) is 21.9. The summed E-state index contributed by atoms with van der Waals surface area (Å²) in [6.07, 6.45) is 2.93. The van der Waals surface area contributed by atoms with E-state index in [1.54, 1.807) is 29.8 Å². The molecule has 0 atom stereocenters. The summed E-state index contributed by atoms with van der Waals surface area (Å²) in [5, 5.41) is 7.39. The van der Waals surface area contributed by atoms with Crippen molar-refractivity contribution in [3.63, 3.8) is 0 Å². The van der Waals surface area contributed by atoms with Crippen molar-refractivity contribution >= 4 is 55.1 Å². The number of anilines is 2. The number of rotatable bonds is 6. The maximum atomic E-state index is 12.2. The Kier molecular flexibility index (Phi) is 5.39. The van der Waals surface area contributed by atoms with Crippen LogP contribution in [-0.4, -0.2) is 70.5 Å². The summed E-state index contributed by atoms with van der Waals surface area (Å²) in [6, 6.07) is 7.09. The van der Waals surface area contributed by atoms with Crippen LogP contribution in [0.5, 0.6) is 0 Å². The van der Waals surface area contributed by atoms with E-state index in [-0.39, 0.29) is 4.90 Å². The Hall–Kier alpha value is -3.55. The molecule has 35 heavy (non-hydrogen) atoms. The molecular weight excluding hydrogens is 488 g/mol. The number of aromatic nitrogens is 6. The number of H-pyrrole nitrogens is 1. The number of thiophene rings is 1. The number of ether oxygens (including phenoxy) is 1. The molecule has 5 aromatic rings. The number of hydrogen-bond acceptors (Lipinski definition) is 10. The maximum absolute atomic E-state index is 12.2. The van der Waals surface area contributed by atoms with Gasteiger partial charge in [-0.2, -0.15) is 21.3 Å². The van der Waals surface area contributed by atoms with Crippen molar-refractivity contribution in [1.29, 1.82) is 0 Å². The number of aromatic amines is 1. The van der Waals surface area contributed by atoms with Crippen LogP contribution in [0.2, 0.25) is 0 Å². The lowest BCUT2D eigenvalue weighted by Crippen LogP contribution is -2.37. The van der Waals surface area contributed by atoms with E-state index in [1.165, 1.54) is 6.26 Å². The molecule has 4 aromatic heterocycles. The van der Waals surface area contributed by atoms with Crippen LogP contribution in [0, 0.1) is 0 Å². The quantitative estimate of drug-likeness (QED) is 0.354. The normalized spacial score (nSPS) is 14.7. The predicted molar refractivity (Wildman–Crippen MR) is 134 cm³/mol. The first-order valence-corrected chi connectivity index (χ1v) is 13.8. The molecule has 2 N–H and O–H groups in total. The number of benzene rings is 1. The molecule has 0 bridgehead atoms. The third kappa shape index (κ3) is 4.11. The van der Waals surface area contributed by atoms with Crippen LogP contribution in [0.3, 0.4) is 0 Å². The van der Waals surface area contributed by atoms with Crippen LogP contribution in [0.4, 0.5) is 11.8 Å². The minimum atomic E-state index is -3.40. The third-order valence-electron chi connectivity index (χ3n) is 5.81. The maximum Gasteiger partial charge on any atom is 0.229 e. The van der Waals surface area contributed by atoms with Gasteiger partial charge in [-0.25, -0.2) is 18.4 Å². The lowest BCUT2D eigenvalue weighted by atomic mass is 10.3. The number of nitrogens with one attached hydrogen (secondary N) is 2. The number of fused-ring (bicyclic) bond motifs is 2. The zero-order valence-electron chi connectivity index (χ0n) is 18.8. The molecule has 6 rings (SSSR count). The lowest BCUT2D eigenvalue weighted by molar-refractivity contribution is 0.122. The fraction of sp³-hybridized carbons (Fsp3) is 0.273. The van der Waals surface area contributed by atoms with Gasteiger partial charge in [0.15, 0.2) is 26.8 Å². The van der Waals surface area contributed by atoms with Gasteiger partial charge in [-0.1, -0.05) is 6.07 Å². The van der Waals surface area contributed by atoms with Crippen molar-refractivity contribution in [3.8, 4) is 5.69 Å². The molecule has 180 valence electrons. The summed E-state index contributed by atoms with van der Waals surface area (Å²) in [5.74, 6) is 1.77. The minimum Gasteiger partial charge on any atom is -0.378 e. The number of para-hydroxylation sites is 1. The van der Waals surface area contributed by atoms with Crippen molar-refractivity contribution in [2.45, 2.75) is 11.4 Å². The summed E-state index contributed by atoms with van der Waals surface area (Å²) < 4.78 is 31.8. The molecule has 0 spiro atoms. The van der Waals surface area contributed by atoms with Gasteiger partial charge in [0, 0.05) is 24.7 Å². The highest BCUT2D eigenvalue weighted by Crippen LogP contribution is 2.27. The van der Waals surface area contributed by atoms with Crippen molar-refractivity contribution in [1.82, 2.24) is 29.5 Å². The average molecular weight is 511 g/mol. The van der Waals surface area contributed by atoms with Crippen LogP contribution >= 0.6 is 11.3 Å². The molecule has 0 aliphatic carbocycles. The zero-order valence-corrected chi connectivity index (χ0v) is 20.4. The highest BCUT2D eigenvalue weighted by Gasteiger charge is 2.21. The molecule has 1 aliphatic heterocycles. The van der Waals surface area contributed by atoms with E-state index >= 15 is 0 Å². The molecule has 0 amide bonds. The molecule has 13 heteroatoms. The van der Waals surface area contributed by atoms with Gasteiger partial charge in [-0.3, -0.25) is 4.57 Å². The second kappa shape index (κ2) is 8.59. The summed E-state index contributed by atoms with van der Waals surface area (Å²) in [5.41, 5.74) is 3.41. The molecule has 0 radical (unpaired) electrons. The minimum absolute atomic E-state index is 0.200. The number of hydrogen-bond donors (Lipinski definition) is 2. The zero-order chi connectivity index (χ0) is 24.0. The first-order valence-electron chi connectivity index (χ1n) is 11.0. The molecule has 1 aliphatic rings. The van der Waals surface area contributed by atoms with E-state index in [9.17, 15) is 8.42 Å². The summed E-state index contributed by atoms with van der Waals surface area (Å²) >= 11 is 1.61. The fourth-order valence-corrected chi connectivity index (χ4v) is 5.57. The standard InChI is InChI=1S/C22H22N8O3S2/c1-35(31,32)16-4-2-3-15-18(16)26-17(25-15)11-23-20-19-21(30(13-24-19)14-5-10-34-12-14)28-22(27-20)29-6-8-33-9-7-29/h2-5,10,12-13H,6-9,11H2,1H3,(H,25,26)(H,23,27,28). The van der Waals surface area contributed by atoms with E-state index in [1.807, 2.05) is 27.5 Å². The van der Waals surface area contributed by atoms with Crippen LogP contribution in [0.15, 0.2) is 46.2 Å². The molecule has 0 saturated carbocycles. The van der Waals surface area contributed by atoms with E-state index in [4.69, 9.17) is 14.7 Å². The van der Waals surface area contributed by atoms with Gasteiger partial charge in [-0.05, 0) is 23.6 Å². The molecule has 0 unspecified atom stereocenters. The van der Waals surface area contributed by atoms with Gasteiger partial charge in [0.05, 0.1) is 35.9 Å². The van der Waals surface area contributed by atoms with Gasteiger partial charge < -0.3 is 19.9 Å². The van der Waals surface area contributed by atoms with Gasteiger partial charge in [0.1, 0.15) is 17.7 Å². The van der Waals surface area contributed by atoms with E-state index in [2.05, 4.69) is 25.2 Å². The van der Waals surface area contributed by atoms with E-state index in [0.717, 1.165) is 5.69 Å². The Labute approximate surface area is 204 Å². The van der Waals surface area contributed by atoms with Gasteiger partial charge in [-0.15, -0.1) is 0 Å². The Morgan fingerprint density at radius 1 is 1.14 bits per heavy atom. The van der Waals surface area contributed by atoms with E-state index < -0.39 is 9.84 Å². The van der Waals surface area contributed by atoms with Crippen LogP contribution in [0.1, 0.15) is 5.82 Å². The Morgan fingerprint density at radius 3 is 2.77 bits per heavy atom. The lowest BCUT2D eigenvalue weighted by Gasteiger charge is -2.27. The molecule has 11 nitrogen and oxygen atoms in total. The molecule has 1 fully saturated rings. The largest absolute Gasteiger partial charge is 0.378 e. The monoisotopic (exact) mass is 510 g/mol. The number of nitrogens with zero attached hydrogens (tertiary/aromatic N) is 6. The Morgan fingerprint density at radius 2 is 2.00 bits per heavy atom. The Balaban J connectivity index is 1.38. The topological polar surface area (TPSA) is 131 Å². The van der Waals surface area contributed by atoms with Crippen LogP contribution < -0.4 is 10.2 Å². The summed E-state index contributed by atoms with van der Waals surface area (Å²) in [6.45, 7) is 2.95. The fourth-order valence-electron chi connectivity index (χ4n) is 4.11. The van der Waals surface area contributed by atoms with Gasteiger partial charge >= 0.3 is 0 Å². The van der Waals surface area contributed by atoms with Crippen molar-refractivity contribution in [2.24, 2.45) is 0 Å². The van der Waals surface area contributed by atoms with Gasteiger partial charge in [0.25, 0.3) is 0 Å². The van der Waals surface area contributed by atoms with Crippen molar-refractivity contribution < 1.29 is 13.2 Å². The highest BCUT2D eigenvalue weighted by molar-refractivity contribution is 7.91. The van der Waals surface area contributed by atoms with Crippen molar-refractivity contribution in [2.75, 3.05) is 42.8 Å². The first-order chi connectivity index (χ1) is 17.0. The molecular formula is C22H22N8O3S2. The Bertz CT molecular complexity index is 1620. The predicted octanol–water partition coefficient (Wildman–Crippen LogP) is 2.61. The average Bonchev–Trinajstić information content (AvgIpc) is 3.61. The summed E-state index contributed by atoms with van der Waals surface area (Å²) in [4.78, 5) is 24.2. The third-order valence-corrected chi connectivity index (χ3v) is 7.61. The SMILES string of the molecule is CS(=O)(=O)c1cccc2[nH]c(CNc3nc(N4CCOCC4)nc4c3ncn4-c3ccsc3)nc12. The molecule has 1 aromatic carbocycles.